The molecule has 1 N–H and O–H groups in total. The van der Waals surface area contributed by atoms with Crippen molar-refractivity contribution in [1.82, 2.24) is 10.2 Å². The van der Waals surface area contributed by atoms with Gasteiger partial charge in [-0.1, -0.05) is 22.0 Å². The molecular weight excluding hydrogens is 324 g/mol. The van der Waals surface area contributed by atoms with E-state index in [1.54, 1.807) is 11.1 Å². The zero-order chi connectivity index (χ0) is 14.2. The van der Waals surface area contributed by atoms with Crippen LogP contribution >= 0.6 is 15.9 Å². The van der Waals surface area contributed by atoms with Crippen LogP contribution in [0.25, 0.3) is 0 Å². The van der Waals surface area contributed by atoms with Crippen molar-refractivity contribution in [2.75, 3.05) is 19.6 Å². The van der Waals surface area contributed by atoms with Crippen molar-refractivity contribution < 1.29 is 0 Å². The fourth-order valence-corrected chi connectivity index (χ4v) is 5.12. The first-order valence-electron chi connectivity index (χ1n) is 8.57. The molecule has 21 heavy (non-hydrogen) atoms. The van der Waals surface area contributed by atoms with Crippen molar-refractivity contribution in [3.05, 3.63) is 33.8 Å². The van der Waals surface area contributed by atoms with E-state index in [-0.39, 0.29) is 0 Å². The van der Waals surface area contributed by atoms with Gasteiger partial charge >= 0.3 is 0 Å². The summed E-state index contributed by atoms with van der Waals surface area (Å²) in [5, 5.41) is 3.73. The molecule has 3 heteroatoms. The number of hydrogen-bond acceptors (Lipinski definition) is 2. The number of halogens is 1. The number of benzene rings is 1. The SMILES string of the molecule is Brc1ccc2c(c1)CCC2N1CCCC(C2CCCN2)C1. The van der Waals surface area contributed by atoms with Crippen molar-refractivity contribution in [3.63, 3.8) is 0 Å². The fourth-order valence-electron chi connectivity index (χ4n) is 4.71. The molecule has 3 aliphatic rings. The van der Waals surface area contributed by atoms with Crippen LogP contribution in [0.4, 0.5) is 0 Å². The number of hydrogen-bond donors (Lipinski definition) is 1. The molecule has 3 unspecified atom stereocenters. The lowest BCUT2D eigenvalue weighted by atomic mass is 9.88. The van der Waals surface area contributed by atoms with Crippen LogP contribution in [0, 0.1) is 5.92 Å². The molecule has 114 valence electrons. The molecule has 2 aliphatic heterocycles. The Kier molecular flexibility index (Phi) is 4.08. The molecule has 3 atom stereocenters. The third-order valence-electron chi connectivity index (χ3n) is 5.75. The van der Waals surface area contributed by atoms with E-state index in [9.17, 15) is 0 Å². The molecule has 1 aliphatic carbocycles. The highest BCUT2D eigenvalue weighted by Crippen LogP contribution is 2.39. The van der Waals surface area contributed by atoms with Gasteiger partial charge in [0, 0.05) is 23.1 Å². The van der Waals surface area contributed by atoms with E-state index in [4.69, 9.17) is 0 Å². The maximum Gasteiger partial charge on any atom is 0.0354 e. The van der Waals surface area contributed by atoms with Gasteiger partial charge in [0.15, 0.2) is 0 Å². The number of nitrogens with zero attached hydrogens (tertiary/aromatic N) is 1. The van der Waals surface area contributed by atoms with Crippen molar-refractivity contribution in [2.45, 2.75) is 50.6 Å². The van der Waals surface area contributed by atoms with E-state index in [0.717, 1.165) is 12.0 Å². The Balaban J connectivity index is 1.49. The predicted octanol–water partition coefficient (Wildman–Crippen LogP) is 3.90. The molecule has 2 nitrogen and oxygen atoms in total. The van der Waals surface area contributed by atoms with Crippen LogP contribution in [0.15, 0.2) is 22.7 Å². The first-order valence-corrected chi connectivity index (χ1v) is 9.36. The minimum absolute atomic E-state index is 0.678. The van der Waals surface area contributed by atoms with Crippen LogP contribution in [0.2, 0.25) is 0 Å². The highest BCUT2D eigenvalue weighted by atomic mass is 79.9. The Labute approximate surface area is 136 Å². The molecule has 0 radical (unpaired) electrons. The number of fused-ring (bicyclic) bond motifs is 1. The minimum atomic E-state index is 0.678. The number of likely N-dealkylation sites (tertiary alicyclic amines) is 1. The highest BCUT2D eigenvalue weighted by Gasteiger charge is 2.34. The number of nitrogens with one attached hydrogen (secondary N) is 1. The first kappa shape index (κ1) is 14.2. The largest absolute Gasteiger partial charge is 0.314 e. The van der Waals surface area contributed by atoms with E-state index < -0.39 is 0 Å². The van der Waals surface area contributed by atoms with E-state index in [1.165, 1.54) is 62.6 Å². The topological polar surface area (TPSA) is 15.3 Å². The molecule has 2 fully saturated rings. The van der Waals surface area contributed by atoms with Crippen LogP contribution in [0.5, 0.6) is 0 Å². The maximum absolute atomic E-state index is 3.73. The molecule has 0 aromatic heterocycles. The molecule has 1 aromatic carbocycles. The molecular formula is C18H25BrN2. The summed E-state index contributed by atoms with van der Waals surface area (Å²) < 4.78 is 1.23. The van der Waals surface area contributed by atoms with Crippen molar-refractivity contribution >= 4 is 15.9 Å². The monoisotopic (exact) mass is 348 g/mol. The van der Waals surface area contributed by atoms with E-state index >= 15 is 0 Å². The zero-order valence-electron chi connectivity index (χ0n) is 12.7. The van der Waals surface area contributed by atoms with Gasteiger partial charge < -0.3 is 5.32 Å². The molecule has 0 spiro atoms. The zero-order valence-corrected chi connectivity index (χ0v) is 14.2. The smallest absolute Gasteiger partial charge is 0.0354 e. The Morgan fingerprint density at radius 1 is 1.14 bits per heavy atom. The second-order valence-electron chi connectivity index (χ2n) is 7.00. The number of piperidine rings is 1. The standard InChI is InChI=1S/C18H25BrN2/c19-15-6-7-16-13(11-15)5-8-18(16)21-10-2-3-14(12-21)17-4-1-9-20-17/h6-7,11,14,17-18,20H,1-5,8-10,12H2. The Hall–Kier alpha value is -0.380. The van der Waals surface area contributed by atoms with E-state index in [0.29, 0.717) is 6.04 Å². The molecule has 0 bridgehead atoms. The third-order valence-corrected chi connectivity index (χ3v) is 6.24. The summed E-state index contributed by atoms with van der Waals surface area (Å²) in [5.74, 6) is 0.876. The van der Waals surface area contributed by atoms with Crippen molar-refractivity contribution in [2.24, 2.45) is 5.92 Å². The Morgan fingerprint density at radius 2 is 2.10 bits per heavy atom. The lowest BCUT2D eigenvalue weighted by Gasteiger charge is -2.39. The van der Waals surface area contributed by atoms with Gasteiger partial charge in [0.2, 0.25) is 0 Å². The van der Waals surface area contributed by atoms with Crippen molar-refractivity contribution in [3.8, 4) is 0 Å². The van der Waals surface area contributed by atoms with Gasteiger partial charge in [-0.25, -0.2) is 0 Å². The molecule has 2 saturated heterocycles. The van der Waals surface area contributed by atoms with Gasteiger partial charge in [0.05, 0.1) is 0 Å². The van der Waals surface area contributed by atoms with Crippen molar-refractivity contribution in [1.29, 1.82) is 0 Å². The lowest BCUT2D eigenvalue weighted by Crippen LogP contribution is -2.44. The van der Waals surface area contributed by atoms with Crippen LogP contribution in [0.1, 0.15) is 49.3 Å². The number of rotatable bonds is 2. The molecule has 1 aromatic rings. The maximum atomic E-state index is 3.73. The third kappa shape index (κ3) is 2.80. The van der Waals surface area contributed by atoms with Gasteiger partial charge in [0.25, 0.3) is 0 Å². The van der Waals surface area contributed by atoms with Gasteiger partial charge in [-0.05, 0) is 80.8 Å². The normalized spacial score (nSPS) is 33.3. The first-order chi connectivity index (χ1) is 10.3. The second kappa shape index (κ2) is 6.02. The predicted molar refractivity (Wildman–Crippen MR) is 90.5 cm³/mol. The van der Waals surface area contributed by atoms with Crippen LogP contribution in [-0.2, 0) is 6.42 Å². The van der Waals surface area contributed by atoms with Gasteiger partial charge in [0.1, 0.15) is 0 Å². The quantitative estimate of drug-likeness (QED) is 0.871. The minimum Gasteiger partial charge on any atom is -0.314 e. The summed E-state index contributed by atoms with van der Waals surface area (Å²) >= 11 is 3.61. The highest BCUT2D eigenvalue weighted by molar-refractivity contribution is 9.10. The molecule has 0 saturated carbocycles. The summed E-state index contributed by atoms with van der Waals surface area (Å²) in [6.45, 7) is 3.84. The van der Waals surface area contributed by atoms with Crippen LogP contribution < -0.4 is 5.32 Å². The summed E-state index contributed by atoms with van der Waals surface area (Å²) in [7, 11) is 0. The number of aryl methyl sites for hydroxylation is 1. The molecule has 0 amide bonds. The Bertz CT molecular complexity index is 510. The molecule has 4 rings (SSSR count). The summed E-state index contributed by atoms with van der Waals surface area (Å²) in [5.41, 5.74) is 3.16. The summed E-state index contributed by atoms with van der Waals surface area (Å²) in [6.07, 6.45) is 8.15. The summed E-state index contributed by atoms with van der Waals surface area (Å²) in [4.78, 5) is 2.79. The summed E-state index contributed by atoms with van der Waals surface area (Å²) in [6, 6.07) is 8.37. The molecule has 2 heterocycles. The Morgan fingerprint density at radius 3 is 2.95 bits per heavy atom. The van der Waals surface area contributed by atoms with Gasteiger partial charge in [-0.3, -0.25) is 4.90 Å². The second-order valence-corrected chi connectivity index (χ2v) is 7.91. The van der Waals surface area contributed by atoms with Crippen LogP contribution in [0.3, 0.4) is 0 Å². The lowest BCUT2D eigenvalue weighted by molar-refractivity contribution is 0.107. The van der Waals surface area contributed by atoms with Gasteiger partial charge in [-0.2, -0.15) is 0 Å². The average Bonchev–Trinajstić information content (AvgIpc) is 3.16. The van der Waals surface area contributed by atoms with Crippen LogP contribution in [-0.4, -0.2) is 30.6 Å². The van der Waals surface area contributed by atoms with E-state index in [1.807, 2.05) is 0 Å². The van der Waals surface area contributed by atoms with E-state index in [2.05, 4.69) is 44.3 Å². The average molecular weight is 349 g/mol. The van der Waals surface area contributed by atoms with Gasteiger partial charge in [-0.15, -0.1) is 0 Å². The fraction of sp³-hybridized carbons (Fsp3) is 0.667.